The molecule has 1 aliphatic heterocycles. The second kappa shape index (κ2) is 8.44. The molecule has 0 spiro atoms. The van der Waals surface area contributed by atoms with Crippen LogP contribution in [0.1, 0.15) is 23.6 Å². The fourth-order valence-corrected chi connectivity index (χ4v) is 3.25. The number of nitrogens with one attached hydrogen (secondary N) is 1. The lowest BCUT2D eigenvalue weighted by Gasteiger charge is -2.22. The summed E-state index contributed by atoms with van der Waals surface area (Å²) in [4.78, 5) is 38.5. The van der Waals surface area contributed by atoms with E-state index in [-0.39, 0.29) is 6.61 Å². The van der Waals surface area contributed by atoms with Crippen LogP contribution in [-0.2, 0) is 26.5 Å². The number of carbonyl (C=O) groups excluding carboxylic acids is 3. The minimum Gasteiger partial charge on any atom is -0.497 e. The number of benzene rings is 2. The molecule has 0 aromatic heterocycles. The molecular formula is C22H24N2O6. The monoisotopic (exact) mass is 412 g/mol. The maximum absolute atomic E-state index is 12.9. The Labute approximate surface area is 174 Å². The van der Waals surface area contributed by atoms with Crippen molar-refractivity contribution in [3.63, 3.8) is 0 Å². The van der Waals surface area contributed by atoms with Gasteiger partial charge in [0.25, 0.3) is 5.91 Å². The first-order valence-electron chi connectivity index (χ1n) is 9.36. The summed E-state index contributed by atoms with van der Waals surface area (Å²) in [5.74, 6) is -0.0980. The summed E-state index contributed by atoms with van der Waals surface area (Å²) in [7, 11) is 3.03. The van der Waals surface area contributed by atoms with Crippen molar-refractivity contribution in [2.45, 2.75) is 26.0 Å². The summed E-state index contributed by atoms with van der Waals surface area (Å²) in [5.41, 5.74) is 1.05. The molecule has 0 aliphatic carbocycles. The molecule has 8 heteroatoms. The lowest BCUT2D eigenvalue weighted by atomic mass is 9.91. The lowest BCUT2D eigenvalue weighted by molar-refractivity contribution is -0.148. The molecule has 1 fully saturated rings. The van der Waals surface area contributed by atoms with E-state index >= 15 is 0 Å². The first kappa shape index (κ1) is 21.2. The van der Waals surface area contributed by atoms with Crippen molar-refractivity contribution in [2.24, 2.45) is 0 Å². The number of urea groups is 1. The molecule has 2 aromatic rings. The summed E-state index contributed by atoms with van der Waals surface area (Å²) in [5, 5.41) is 2.67. The maximum atomic E-state index is 12.9. The molecule has 158 valence electrons. The van der Waals surface area contributed by atoms with Gasteiger partial charge in [-0.1, -0.05) is 29.8 Å². The topological polar surface area (TPSA) is 94.2 Å². The molecule has 3 rings (SSSR count). The number of amides is 3. The van der Waals surface area contributed by atoms with E-state index in [1.165, 1.54) is 14.2 Å². The maximum Gasteiger partial charge on any atom is 0.326 e. The standard InChI is InChI=1S/C22H24N2O6/c1-14-5-7-16(8-6-14)22(2)20(26)24(21(27)23-22)12-19(25)30-13-15-11-17(28-3)9-10-18(15)29-4/h5-11H,12-13H2,1-4H3,(H,23,27)/t22-/m0/s1. The highest BCUT2D eigenvalue weighted by Crippen LogP contribution is 2.29. The predicted octanol–water partition coefficient (Wildman–Crippen LogP) is 2.52. The van der Waals surface area contributed by atoms with Gasteiger partial charge in [-0.2, -0.15) is 0 Å². The van der Waals surface area contributed by atoms with E-state index in [9.17, 15) is 14.4 Å². The average Bonchev–Trinajstić information content (AvgIpc) is 2.96. The van der Waals surface area contributed by atoms with Gasteiger partial charge >= 0.3 is 12.0 Å². The molecule has 0 radical (unpaired) electrons. The van der Waals surface area contributed by atoms with Crippen LogP contribution >= 0.6 is 0 Å². The zero-order chi connectivity index (χ0) is 21.9. The molecule has 3 amide bonds. The average molecular weight is 412 g/mol. The molecule has 1 aliphatic rings. The first-order valence-corrected chi connectivity index (χ1v) is 9.36. The fraction of sp³-hybridized carbons (Fsp3) is 0.318. The van der Waals surface area contributed by atoms with Crippen LogP contribution in [0.15, 0.2) is 42.5 Å². The van der Waals surface area contributed by atoms with Gasteiger partial charge in [-0.15, -0.1) is 0 Å². The second-order valence-electron chi connectivity index (χ2n) is 7.15. The zero-order valence-corrected chi connectivity index (χ0v) is 17.4. The van der Waals surface area contributed by atoms with Gasteiger partial charge in [0.05, 0.1) is 14.2 Å². The number of carbonyl (C=O) groups is 3. The van der Waals surface area contributed by atoms with Crippen LogP contribution in [0.25, 0.3) is 0 Å². The fourth-order valence-electron chi connectivity index (χ4n) is 3.25. The van der Waals surface area contributed by atoms with E-state index in [1.54, 1.807) is 37.3 Å². The van der Waals surface area contributed by atoms with Gasteiger partial charge in [0.1, 0.15) is 30.2 Å². The highest BCUT2D eigenvalue weighted by atomic mass is 16.5. The number of nitrogens with zero attached hydrogens (tertiary/aromatic N) is 1. The van der Waals surface area contributed by atoms with Crippen LogP contribution < -0.4 is 14.8 Å². The summed E-state index contributed by atoms with van der Waals surface area (Å²) in [6.07, 6.45) is 0. The smallest absolute Gasteiger partial charge is 0.326 e. The van der Waals surface area contributed by atoms with Crippen LogP contribution in [0.2, 0.25) is 0 Å². The molecule has 0 unspecified atom stereocenters. The Bertz CT molecular complexity index is 972. The van der Waals surface area contributed by atoms with Gasteiger partial charge in [0.15, 0.2) is 0 Å². The Balaban J connectivity index is 1.68. The van der Waals surface area contributed by atoms with Crippen LogP contribution in [-0.4, -0.2) is 43.6 Å². The number of ether oxygens (including phenoxy) is 3. The van der Waals surface area contributed by atoms with Gasteiger partial charge in [0, 0.05) is 5.56 Å². The molecule has 0 bridgehead atoms. The molecule has 1 atom stereocenters. The van der Waals surface area contributed by atoms with E-state index in [4.69, 9.17) is 14.2 Å². The molecule has 8 nitrogen and oxygen atoms in total. The van der Waals surface area contributed by atoms with Crippen molar-refractivity contribution < 1.29 is 28.6 Å². The third-order valence-corrected chi connectivity index (χ3v) is 5.07. The summed E-state index contributed by atoms with van der Waals surface area (Å²) in [6.45, 7) is 2.97. The van der Waals surface area contributed by atoms with Crippen molar-refractivity contribution in [1.29, 1.82) is 0 Å². The molecule has 1 N–H and O–H groups in total. The first-order chi connectivity index (χ1) is 14.3. The molecule has 2 aromatic carbocycles. The van der Waals surface area contributed by atoms with Crippen LogP contribution in [0, 0.1) is 6.92 Å². The summed E-state index contributed by atoms with van der Waals surface area (Å²) in [6, 6.07) is 11.8. The van der Waals surface area contributed by atoms with Crippen LogP contribution in [0.5, 0.6) is 11.5 Å². The number of imide groups is 1. The van der Waals surface area contributed by atoms with Crippen molar-refractivity contribution in [3.8, 4) is 11.5 Å². The molecular weight excluding hydrogens is 388 g/mol. The van der Waals surface area contributed by atoms with E-state index in [0.29, 0.717) is 22.6 Å². The number of hydrogen-bond acceptors (Lipinski definition) is 6. The molecule has 1 heterocycles. The van der Waals surface area contributed by atoms with Crippen molar-refractivity contribution in [1.82, 2.24) is 10.2 Å². The zero-order valence-electron chi connectivity index (χ0n) is 17.4. The normalized spacial score (nSPS) is 18.2. The SMILES string of the molecule is COc1ccc(OC)c(COC(=O)CN2C(=O)N[C@@](C)(c3ccc(C)cc3)C2=O)c1. The summed E-state index contributed by atoms with van der Waals surface area (Å²) >= 11 is 0. The largest absolute Gasteiger partial charge is 0.497 e. The Morgan fingerprint density at radius 3 is 2.40 bits per heavy atom. The summed E-state index contributed by atoms with van der Waals surface area (Å²) < 4.78 is 15.7. The van der Waals surface area contributed by atoms with Crippen molar-refractivity contribution >= 4 is 17.9 Å². The number of methoxy groups -OCH3 is 2. The van der Waals surface area contributed by atoms with Crippen molar-refractivity contribution in [2.75, 3.05) is 20.8 Å². The van der Waals surface area contributed by atoms with E-state index in [2.05, 4.69) is 5.32 Å². The molecule has 0 saturated carbocycles. The Morgan fingerprint density at radius 1 is 1.07 bits per heavy atom. The molecule has 1 saturated heterocycles. The Morgan fingerprint density at radius 2 is 1.77 bits per heavy atom. The highest BCUT2D eigenvalue weighted by molar-refractivity contribution is 6.08. The number of rotatable bonds is 7. The van der Waals surface area contributed by atoms with Gasteiger partial charge in [-0.25, -0.2) is 4.79 Å². The lowest BCUT2D eigenvalue weighted by Crippen LogP contribution is -2.41. The van der Waals surface area contributed by atoms with Crippen LogP contribution in [0.3, 0.4) is 0 Å². The third-order valence-electron chi connectivity index (χ3n) is 5.07. The van der Waals surface area contributed by atoms with E-state index in [0.717, 1.165) is 10.5 Å². The van der Waals surface area contributed by atoms with E-state index in [1.807, 2.05) is 19.1 Å². The Kier molecular flexibility index (Phi) is 5.96. The van der Waals surface area contributed by atoms with Crippen LogP contribution in [0.4, 0.5) is 4.79 Å². The predicted molar refractivity (Wildman–Crippen MR) is 108 cm³/mol. The second-order valence-corrected chi connectivity index (χ2v) is 7.15. The number of aryl methyl sites for hydroxylation is 1. The minimum atomic E-state index is -1.24. The quantitative estimate of drug-likeness (QED) is 0.555. The van der Waals surface area contributed by atoms with E-state index < -0.39 is 30.0 Å². The Hall–Kier alpha value is -3.55. The molecule has 30 heavy (non-hydrogen) atoms. The van der Waals surface area contributed by atoms with Crippen molar-refractivity contribution in [3.05, 3.63) is 59.2 Å². The minimum absolute atomic E-state index is 0.0852. The number of esters is 1. The highest BCUT2D eigenvalue weighted by Gasteiger charge is 2.49. The third kappa shape index (κ3) is 4.07. The van der Waals surface area contributed by atoms with Gasteiger partial charge in [-0.05, 0) is 37.6 Å². The van der Waals surface area contributed by atoms with Gasteiger partial charge in [-0.3, -0.25) is 14.5 Å². The number of hydrogen-bond donors (Lipinski definition) is 1. The van der Waals surface area contributed by atoms with Gasteiger partial charge in [0.2, 0.25) is 0 Å². The van der Waals surface area contributed by atoms with Gasteiger partial charge < -0.3 is 19.5 Å².